The van der Waals surface area contributed by atoms with Gasteiger partial charge in [-0.2, -0.15) is 8.78 Å². The monoisotopic (exact) mass is 368 g/mol. The van der Waals surface area contributed by atoms with Gasteiger partial charge in [-0.3, -0.25) is 0 Å². The minimum Gasteiger partial charge on any atom is -0.395 e. The zero-order chi connectivity index (χ0) is 17.0. The van der Waals surface area contributed by atoms with Crippen LogP contribution in [0.5, 0.6) is 0 Å². The van der Waals surface area contributed by atoms with E-state index < -0.39 is 33.9 Å². The number of oxime groups is 1. The molecular formula is C13H15F3N2O3S2. The molecule has 0 amide bonds. The highest BCUT2D eigenvalue weighted by Gasteiger charge is 2.23. The van der Waals surface area contributed by atoms with Crippen LogP contribution in [0.1, 0.15) is 31.1 Å². The Morgan fingerprint density at radius 3 is 2.74 bits per heavy atom. The molecule has 1 aromatic heterocycles. The van der Waals surface area contributed by atoms with Gasteiger partial charge in [-0.05, 0) is 25.7 Å². The minimum absolute atomic E-state index is 0.253. The molecule has 1 saturated carbocycles. The van der Waals surface area contributed by atoms with Crippen LogP contribution in [0, 0.1) is 5.92 Å². The van der Waals surface area contributed by atoms with E-state index in [0.29, 0.717) is 23.1 Å². The maximum Gasteiger partial charge on any atom is 0.301 e. The average Bonchev–Trinajstić information content (AvgIpc) is 3.16. The zero-order valence-electron chi connectivity index (χ0n) is 12.3. The van der Waals surface area contributed by atoms with E-state index in [1.54, 1.807) is 6.92 Å². The van der Waals surface area contributed by atoms with Gasteiger partial charge >= 0.3 is 6.08 Å². The molecule has 2 rings (SSSR count). The SMILES string of the molecule is C/C(=N/OCC1CC1)c1cnc(S(=O)(=O)CCC(F)=C(F)F)s1. The van der Waals surface area contributed by atoms with Gasteiger partial charge in [0.1, 0.15) is 6.61 Å². The molecule has 1 aromatic rings. The van der Waals surface area contributed by atoms with Crippen LogP contribution in [0.15, 0.2) is 27.6 Å². The lowest BCUT2D eigenvalue weighted by Crippen LogP contribution is -2.06. The number of allylic oxidation sites excluding steroid dienone is 1. The third-order valence-corrected chi connectivity index (χ3v) is 6.40. The molecule has 1 heterocycles. The zero-order valence-corrected chi connectivity index (χ0v) is 13.9. The fourth-order valence-corrected chi connectivity index (χ4v) is 3.99. The fraction of sp³-hybridized carbons (Fsp3) is 0.538. The van der Waals surface area contributed by atoms with Crippen LogP contribution in [0.2, 0.25) is 0 Å². The van der Waals surface area contributed by atoms with E-state index in [9.17, 15) is 21.6 Å². The summed E-state index contributed by atoms with van der Waals surface area (Å²) in [7, 11) is -3.92. The molecule has 0 spiro atoms. The highest BCUT2D eigenvalue weighted by atomic mass is 32.2. The van der Waals surface area contributed by atoms with Crippen molar-refractivity contribution in [2.75, 3.05) is 12.4 Å². The Labute approximate surface area is 135 Å². The molecule has 0 bridgehead atoms. The second-order valence-electron chi connectivity index (χ2n) is 5.14. The molecule has 0 N–H and O–H groups in total. The van der Waals surface area contributed by atoms with Crippen molar-refractivity contribution < 1.29 is 26.4 Å². The second kappa shape index (κ2) is 7.43. The number of thiazole rings is 1. The molecule has 1 fully saturated rings. The summed E-state index contributed by atoms with van der Waals surface area (Å²) in [6, 6.07) is 0. The van der Waals surface area contributed by atoms with E-state index in [0.717, 1.165) is 24.2 Å². The molecule has 23 heavy (non-hydrogen) atoms. The van der Waals surface area contributed by atoms with Gasteiger partial charge in [0.15, 0.2) is 5.83 Å². The van der Waals surface area contributed by atoms with Gasteiger partial charge in [0.05, 0.1) is 16.3 Å². The Bertz CT molecular complexity index is 721. The Hall–Kier alpha value is -1.42. The van der Waals surface area contributed by atoms with E-state index in [2.05, 4.69) is 10.1 Å². The Morgan fingerprint density at radius 2 is 2.13 bits per heavy atom. The van der Waals surface area contributed by atoms with Gasteiger partial charge in [-0.15, -0.1) is 11.3 Å². The molecule has 0 unspecified atom stereocenters. The maximum atomic E-state index is 12.7. The highest BCUT2D eigenvalue weighted by Crippen LogP contribution is 2.29. The van der Waals surface area contributed by atoms with Crippen molar-refractivity contribution in [2.24, 2.45) is 11.1 Å². The number of aromatic nitrogens is 1. The smallest absolute Gasteiger partial charge is 0.301 e. The Kier molecular flexibility index (Phi) is 5.79. The third-order valence-electron chi connectivity index (χ3n) is 3.11. The molecule has 1 aliphatic rings. The summed E-state index contributed by atoms with van der Waals surface area (Å²) in [4.78, 5) is 9.40. The summed E-state index contributed by atoms with van der Waals surface area (Å²) in [5.41, 5.74) is 0.477. The van der Waals surface area contributed by atoms with Gasteiger partial charge in [-0.25, -0.2) is 17.8 Å². The first-order chi connectivity index (χ1) is 10.8. The van der Waals surface area contributed by atoms with Crippen LogP contribution in [0.3, 0.4) is 0 Å². The van der Waals surface area contributed by atoms with E-state index in [-0.39, 0.29) is 4.34 Å². The summed E-state index contributed by atoms with van der Waals surface area (Å²) >= 11 is 0.847. The lowest BCUT2D eigenvalue weighted by Gasteiger charge is -1.99. The van der Waals surface area contributed by atoms with Crippen LogP contribution in [0.25, 0.3) is 0 Å². The second-order valence-corrected chi connectivity index (χ2v) is 8.45. The van der Waals surface area contributed by atoms with Crippen LogP contribution in [-0.2, 0) is 14.7 Å². The quantitative estimate of drug-likeness (QED) is 0.520. The van der Waals surface area contributed by atoms with Crippen molar-refractivity contribution >= 4 is 26.9 Å². The first kappa shape index (κ1) is 17.9. The summed E-state index contributed by atoms with van der Waals surface area (Å²) in [6.07, 6.45) is 0.191. The lowest BCUT2D eigenvalue weighted by atomic mass is 10.4. The number of hydrogen-bond acceptors (Lipinski definition) is 6. The normalized spacial score (nSPS) is 15.6. The highest BCUT2D eigenvalue weighted by molar-refractivity contribution is 7.93. The van der Waals surface area contributed by atoms with Gasteiger partial charge in [-0.1, -0.05) is 5.16 Å². The summed E-state index contributed by atoms with van der Waals surface area (Å²) < 4.78 is 60.3. The molecule has 0 atom stereocenters. The van der Waals surface area contributed by atoms with Gasteiger partial charge in [0.2, 0.25) is 14.2 Å². The predicted molar refractivity (Wildman–Crippen MR) is 80.0 cm³/mol. The number of hydrogen-bond donors (Lipinski definition) is 0. The summed E-state index contributed by atoms with van der Waals surface area (Å²) in [6.45, 7) is 2.18. The molecule has 0 saturated heterocycles. The number of rotatable bonds is 8. The van der Waals surface area contributed by atoms with E-state index >= 15 is 0 Å². The maximum absolute atomic E-state index is 12.7. The fourth-order valence-electron chi connectivity index (χ4n) is 1.54. The van der Waals surface area contributed by atoms with Crippen molar-refractivity contribution in [2.45, 2.75) is 30.5 Å². The number of nitrogens with zero attached hydrogens (tertiary/aromatic N) is 2. The molecule has 128 valence electrons. The Balaban J connectivity index is 2.00. The molecule has 0 aliphatic heterocycles. The van der Waals surface area contributed by atoms with Crippen molar-refractivity contribution in [3.63, 3.8) is 0 Å². The summed E-state index contributed by atoms with van der Waals surface area (Å²) in [5, 5.41) is 3.89. The molecule has 0 radical (unpaired) electrons. The minimum atomic E-state index is -3.92. The average molecular weight is 368 g/mol. The van der Waals surface area contributed by atoms with Crippen LogP contribution < -0.4 is 0 Å². The van der Waals surface area contributed by atoms with Gasteiger partial charge in [0, 0.05) is 12.6 Å². The first-order valence-electron chi connectivity index (χ1n) is 6.84. The van der Waals surface area contributed by atoms with Crippen LogP contribution >= 0.6 is 11.3 Å². The third kappa shape index (κ3) is 5.31. The van der Waals surface area contributed by atoms with Crippen LogP contribution in [-0.4, -0.2) is 31.5 Å². The van der Waals surface area contributed by atoms with Crippen LogP contribution in [0.4, 0.5) is 13.2 Å². The van der Waals surface area contributed by atoms with Crippen molar-refractivity contribution in [3.05, 3.63) is 23.0 Å². The molecule has 0 aromatic carbocycles. The van der Waals surface area contributed by atoms with Crippen molar-refractivity contribution in [1.82, 2.24) is 4.98 Å². The molecule has 1 aliphatic carbocycles. The summed E-state index contributed by atoms with van der Waals surface area (Å²) in [5.74, 6) is -1.95. The number of sulfone groups is 1. The molecular weight excluding hydrogens is 353 g/mol. The van der Waals surface area contributed by atoms with E-state index in [1.807, 2.05) is 0 Å². The lowest BCUT2D eigenvalue weighted by molar-refractivity contribution is 0.134. The van der Waals surface area contributed by atoms with E-state index in [4.69, 9.17) is 4.84 Å². The molecule has 10 heteroatoms. The van der Waals surface area contributed by atoms with Crippen molar-refractivity contribution in [1.29, 1.82) is 0 Å². The first-order valence-corrected chi connectivity index (χ1v) is 9.31. The van der Waals surface area contributed by atoms with Gasteiger partial charge in [0.25, 0.3) is 0 Å². The van der Waals surface area contributed by atoms with E-state index in [1.165, 1.54) is 6.20 Å². The molecule has 5 nitrogen and oxygen atoms in total. The Morgan fingerprint density at radius 1 is 1.43 bits per heavy atom. The van der Waals surface area contributed by atoms with Crippen molar-refractivity contribution in [3.8, 4) is 0 Å². The topological polar surface area (TPSA) is 68.6 Å². The standard InChI is InChI=1S/C13H15F3N2O3S2/c1-8(18-21-7-9-2-3-9)11-6-17-13(22-11)23(19,20)5-4-10(14)12(15)16/h6,9H,2-5,7H2,1H3/b18-8-. The van der Waals surface area contributed by atoms with Gasteiger partial charge < -0.3 is 4.84 Å². The number of halogens is 3. The largest absolute Gasteiger partial charge is 0.395 e. The predicted octanol–water partition coefficient (Wildman–Crippen LogP) is 3.54.